The highest BCUT2D eigenvalue weighted by molar-refractivity contribution is 7.90. The number of alkyl halides is 3. The first kappa shape index (κ1) is 21.0. The average molecular weight is 423 g/mol. The zero-order valence-corrected chi connectivity index (χ0v) is 15.7. The van der Waals surface area contributed by atoms with E-state index in [4.69, 9.17) is 16.3 Å². The molecule has 0 radical (unpaired) electrons. The number of methoxy groups -OCH3 is 1. The van der Waals surface area contributed by atoms with Gasteiger partial charge >= 0.3 is 12.1 Å². The molecule has 0 aromatic heterocycles. The molecule has 27 heavy (non-hydrogen) atoms. The first-order valence-electron chi connectivity index (χ1n) is 7.34. The van der Waals surface area contributed by atoms with Gasteiger partial charge in [-0.2, -0.15) is 13.2 Å². The molecule has 10 heteroatoms. The lowest BCUT2D eigenvalue weighted by Crippen LogP contribution is -2.14. The van der Waals surface area contributed by atoms with E-state index in [0.717, 1.165) is 13.2 Å². The van der Waals surface area contributed by atoms with Crippen molar-refractivity contribution in [3.63, 3.8) is 0 Å². The second kappa shape index (κ2) is 7.77. The SMILES string of the molecule is COC(=O)COc1ccc(Cl)cc1-c1ccc(S(C)(=O)=O)c(C(F)(F)F)c1. The number of halogens is 4. The Kier molecular flexibility index (Phi) is 6.06. The molecule has 2 rings (SSSR count). The quantitative estimate of drug-likeness (QED) is 0.682. The second-order valence-electron chi connectivity index (χ2n) is 5.49. The molecular formula is C17H14ClF3O5S. The van der Waals surface area contributed by atoms with Crippen LogP contribution in [0, 0.1) is 0 Å². The maximum atomic E-state index is 13.4. The van der Waals surface area contributed by atoms with Crippen LogP contribution in [0.15, 0.2) is 41.3 Å². The Labute approximate surface area is 158 Å². The zero-order valence-electron chi connectivity index (χ0n) is 14.1. The van der Waals surface area contributed by atoms with Crippen molar-refractivity contribution < 1.29 is 35.9 Å². The molecule has 2 aromatic carbocycles. The minimum Gasteiger partial charge on any atom is -0.481 e. The standard InChI is InChI=1S/C17H14ClF3O5S/c1-25-16(22)9-26-14-5-4-11(18)8-12(14)10-3-6-15(27(2,23)24)13(7-10)17(19,20)21/h3-8H,9H2,1-2H3. The summed E-state index contributed by atoms with van der Waals surface area (Å²) >= 11 is 5.92. The van der Waals surface area contributed by atoms with Crippen molar-refractivity contribution in [2.45, 2.75) is 11.1 Å². The number of rotatable bonds is 5. The maximum Gasteiger partial charge on any atom is 0.417 e. The van der Waals surface area contributed by atoms with Crippen LogP contribution in [0.25, 0.3) is 11.1 Å². The molecule has 0 aliphatic heterocycles. The van der Waals surface area contributed by atoms with Crippen LogP contribution in [0.1, 0.15) is 5.56 Å². The lowest BCUT2D eigenvalue weighted by molar-refractivity contribution is -0.143. The molecule has 0 saturated carbocycles. The van der Waals surface area contributed by atoms with Crippen molar-refractivity contribution in [2.75, 3.05) is 20.0 Å². The third-order valence-electron chi connectivity index (χ3n) is 3.51. The van der Waals surface area contributed by atoms with E-state index in [1.54, 1.807) is 0 Å². The van der Waals surface area contributed by atoms with Crippen molar-refractivity contribution >= 4 is 27.4 Å². The highest BCUT2D eigenvalue weighted by atomic mass is 35.5. The van der Waals surface area contributed by atoms with Crippen molar-refractivity contribution in [1.29, 1.82) is 0 Å². The smallest absolute Gasteiger partial charge is 0.417 e. The Morgan fingerprint density at radius 2 is 1.81 bits per heavy atom. The Morgan fingerprint density at radius 3 is 2.37 bits per heavy atom. The van der Waals surface area contributed by atoms with Gasteiger partial charge in [-0.1, -0.05) is 17.7 Å². The summed E-state index contributed by atoms with van der Waals surface area (Å²) in [6, 6.07) is 6.96. The molecule has 0 atom stereocenters. The van der Waals surface area contributed by atoms with Crippen molar-refractivity contribution in [3.8, 4) is 16.9 Å². The van der Waals surface area contributed by atoms with Gasteiger partial charge in [-0.3, -0.25) is 0 Å². The van der Waals surface area contributed by atoms with Gasteiger partial charge in [-0.15, -0.1) is 0 Å². The number of ether oxygens (including phenoxy) is 2. The van der Waals surface area contributed by atoms with Crippen molar-refractivity contribution in [1.82, 2.24) is 0 Å². The summed E-state index contributed by atoms with van der Waals surface area (Å²) in [6.07, 6.45) is -4.19. The van der Waals surface area contributed by atoms with Crippen LogP contribution < -0.4 is 4.74 Å². The minimum atomic E-state index is -4.89. The molecule has 5 nitrogen and oxygen atoms in total. The highest BCUT2D eigenvalue weighted by Crippen LogP contribution is 2.39. The van der Waals surface area contributed by atoms with Crippen LogP contribution in [0.4, 0.5) is 13.2 Å². The van der Waals surface area contributed by atoms with Crippen molar-refractivity contribution in [3.05, 3.63) is 47.0 Å². The monoisotopic (exact) mass is 422 g/mol. The van der Waals surface area contributed by atoms with Gasteiger partial charge in [-0.05, 0) is 35.9 Å². The average Bonchev–Trinajstić information content (AvgIpc) is 2.58. The van der Waals surface area contributed by atoms with E-state index >= 15 is 0 Å². The van der Waals surface area contributed by atoms with Crippen LogP contribution in [-0.2, 0) is 25.5 Å². The van der Waals surface area contributed by atoms with Gasteiger partial charge in [0, 0.05) is 16.8 Å². The predicted molar refractivity (Wildman–Crippen MR) is 92.5 cm³/mol. The summed E-state index contributed by atoms with van der Waals surface area (Å²) in [7, 11) is -2.94. The topological polar surface area (TPSA) is 69.7 Å². The van der Waals surface area contributed by atoms with Gasteiger partial charge in [0.25, 0.3) is 0 Å². The number of benzene rings is 2. The van der Waals surface area contributed by atoms with E-state index < -0.39 is 39.0 Å². The number of carbonyl (C=O) groups is 1. The predicted octanol–water partition coefficient (Wildman–Crippen LogP) is 3.98. The summed E-state index contributed by atoms with van der Waals surface area (Å²) in [6.45, 7) is -0.460. The second-order valence-corrected chi connectivity index (χ2v) is 7.91. The fourth-order valence-electron chi connectivity index (χ4n) is 2.29. The summed E-state index contributed by atoms with van der Waals surface area (Å²) in [4.78, 5) is 10.4. The molecule has 0 aliphatic carbocycles. The minimum absolute atomic E-state index is 0.0251. The van der Waals surface area contributed by atoms with E-state index in [0.29, 0.717) is 12.3 Å². The molecule has 0 heterocycles. The van der Waals surface area contributed by atoms with Crippen molar-refractivity contribution in [2.24, 2.45) is 0 Å². The number of sulfone groups is 1. The molecule has 2 aromatic rings. The Balaban J connectivity index is 2.61. The third-order valence-corrected chi connectivity index (χ3v) is 4.90. The highest BCUT2D eigenvalue weighted by Gasteiger charge is 2.36. The molecule has 0 spiro atoms. The number of hydrogen-bond donors (Lipinski definition) is 0. The molecule has 0 saturated heterocycles. The van der Waals surface area contributed by atoms with Crippen LogP contribution >= 0.6 is 11.6 Å². The van der Waals surface area contributed by atoms with E-state index in [-0.39, 0.29) is 21.9 Å². The normalized spacial score (nSPS) is 11.9. The Bertz CT molecular complexity index is 971. The zero-order chi connectivity index (χ0) is 20.4. The fraction of sp³-hybridized carbons (Fsp3) is 0.235. The molecule has 0 amide bonds. The lowest BCUT2D eigenvalue weighted by atomic mass is 10.0. The molecule has 0 bridgehead atoms. The maximum absolute atomic E-state index is 13.4. The third kappa shape index (κ3) is 5.14. The van der Waals surface area contributed by atoms with Crippen LogP contribution in [0.5, 0.6) is 5.75 Å². The largest absolute Gasteiger partial charge is 0.481 e. The summed E-state index contributed by atoms with van der Waals surface area (Å²) < 4.78 is 73.2. The Hall–Kier alpha value is -2.26. The van der Waals surface area contributed by atoms with Gasteiger partial charge in [0.2, 0.25) is 0 Å². The number of carbonyl (C=O) groups excluding carboxylic acids is 1. The van der Waals surface area contributed by atoms with E-state index in [2.05, 4.69) is 4.74 Å². The molecule has 0 N–H and O–H groups in total. The van der Waals surface area contributed by atoms with Gasteiger partial charge in [0.15, 0.2) is 16.4 Å². The van der Waals surface area contributed by atoms with E-state index in [9.17, 15) is 26.4 Å². The molecule has 0 unspecified atom stereocenters. The van der Waals surface area contributed by atoms with Gasteiger partial charge in [-0.25, -0.2) is 13.2 Å². The summed E-state index contributed by atoms with van der Waals surface area (Å²) in [5, 5.41) is 0.219. The molecule has 0 fully saturated rings. The number of hydrogen-bond acceptors (Lipinski definition) is 5. The fourth-order valence-corrected chi connectivity index (χ4v) is 3.35. The van der Waals surface area contributed by atoms with Gasteiger partial charge in [0.1, 0.15) is 5.75 Å². The summed E-state index contributed by atoms with van der Waals surface area (Å²) in [5.41, 5.74) is -1.12. The summed E-state index contributed by atoms with van der Waals surface area (Å²) in [5.74, 6) is -0.593. The lowest BCUT2D eigenvalue weighted by Gasteiger charge is -2.16. The molecule has 0 aliphatic rings. The molecular weight excluding hydrogens is 409 g/mol. The van der Waals surface area contributed by atoms with Gasteiger partial charge in [0.05, 0.1) is 17.6 Å². The van der Waals surface area contributed by atoms with Crippen LogP contribution in [0.3, 0.4) is 0 Å². The number of esters is 1. The van der Waals surface area contributed by atoms with E-state index in [1.165, 1.54) is 24.3 Å². The molecule has 146 valence electrons. The van der Waals surface area contributed by atoms with Gasteiger partial charge < -0.3 is 9.47 Å². The van der Waals surface area contributed by atoms with Crippen LogP contribution in [0.2, 0.25) is 5.02 Å². The first-order chi connectivity index (χ1) is 12.4. The van der Waals surface area contributed by atoms with Crippen LogP contribution in [-0.4, -0.2) is 34.4 Å². The van der Waals surface area contributed by atoms with E-state index in [1.807, 2.05) is 0 Å². The first-order valence-corrected chi connectivity index (χ1v) is 9.61. The Morgan fingerprint density at radius 1 is 1.15 bits per heavy atom.